The van der Waals surface area contributed by atoms with Gasteiger partial charge in [0.25, 0.3) is 0 Å². The molecule has 1 unspecified atom stereocenters. The van der Waals surface area contributed by atoms with Crippen molar-refractivity contribution in [2.24, 2.45) is 0 Å². The van der Waals surface area contributed by atoms with Gasteiger partial charge in [-0.25, -0.2) is 4.39 Å². The third kappa shape index (κ3) is 5.77. The summed E-state index contributed by atoms with van der Waals surface area (Å²) in [5.41, 5.74) is 0.842. The van der Waals surface area contributed by atoms with E-state index in [4.69, 9.17) is 4.74 Å². The Morgan fingerprint density at radius 2 is 2.04 bits per heavy atom. The third-order valence-corrected chi connectivity index (χ3v) is 4.55. The first kappa shape index (κ1) is 17.6. The second-order valence-electron chi connectivity index (χ2n) is 5.38. The lowest BCUT2D eigenvalue weighted by Crippen LogP contribution is -2.31. The lowest BCUT2D eigenvalue weighted by Gasteiger charge is -2.17. The van der Waals surface area contributed by atoms with Crippen molar-refractivity contribution in [3.05, 3.63) is 58.0 Å². The molecule has 2 aromatic rings. The van der Waals surface area contributed by atoms with Crippen LogP contribution in [-0.2, 0) is 16.0 Å². The first-order valence-corrected chi connectivity index (χ1v) is 8.63. The van der Waals surface area contributed by atoms with Gasteiger partial charge in [0.05, 0.1) is 5.92 Å². The predicted molar refractivity (Wildman–Crippen MR) is 91.3 cm³/mol. The molecule has 1 amide bonds. The van der Waals surface area contributed by atoms with Gasteiger partial charge in [-0.2, -0.15) is 0 Å². The van der Waals surface area contributed by atoms with E-state index < -0.39 is 0 Å². The Morgan fingerprint density at radius 3 is 2.70 bits per heavy atom. The van der Waals surface area contributed by atoms with Gasteiger partial charge < -0.3 is 10.1 Å². The van der Waals surface area contributed by atoms with Gasteiger partial charge in [-0.05, 0) is 48.4 Å². The number of unbranched alkanes of at least 4 members (excludes halogenated alkanes) is 1. The standard InChI is InChI=1S/C18H22FNO2S/c1-22-11-3-2-10-20-18(21)17(13-16-5-4-12-23-16)14-6-8-15(19)9-7-14/h4-9,12,17H,2-3,10-11,13H2,1H3,(H,20,21). The number of hydrogen-bond donors (Lipinski definition) is 1. The smallest absolute Gasteiger partial charge is 0.227 e. The molecule has 0 aliphatic heterocycles. The van der Waals surface area contributed by atoms with Crippen LogP contribution in [0.3, 0.4) is 0 Å². The van der Waals surface area contributed by atoms with Crippen LogP contribution in [0.5, 0.6) is 0 Å². The zero-order valence-corrected chi connectivity index (χ0v) is 14.1. The van der Waals surface area contributed by atoms with Crippen LogP contribution in [0.15, 0.2) is 41.8 Å². The summed E-state index contributed by atoms with van der Waals surface area (Å²) in [6.07, 6.45) is 2.44. The molecule has 0 saturated heterocycles. The summed E-state index contributed by atoms with van der Waals surface area (Å²) >= 11 is 1.63. The fourth-order valence-electron chi connectivity index (χ4n) is 2.39. The van der Waals surface area contributed by atoms with Crippen LogP contribution in [0, 0.1) is 5.82 Å². The van der Waals surface area contributed by atoms with E-state index >= 15 is 0 Å². The summed E-state index contributed by atoms with van der Waals surface area (Å²) < 4.78 is 18.1. The van der Waals surface area contributed by atoms with Crippen molar-refractivity contribution in [1.29, 1.82) is 0 Å². The minimum absolute atomic E-state index is 0.0116. The van der Waals surface area contributed by atoms with Crippen LogP contribution in [0.25, 0.3) is 0 Å². The van der Waals surface area contributed by atoms with Crippen molar-refractivity contribution in [2.75, 3.05) is 20.3 Å². The highest BCUT2D eigenvalue weighted by Gasteiger charge is 2.21. The highest BCUT2D eigenvalue weighted by Crippen LogP contribution is 2.24. The molecule has 1 aromatic carbocycles. The number of benzene rings is 1. The van der Waals surface area contributed by atoms with Crippen molar-refractivity contribution >= 4 is 17.2 Å². The minimum atomic E-state index is -0.295. The molecule has 0 radical (unpaired) electrons. The van der Waals surface area contributed by atoms with Gasteiger partial charge in [-0.1, -0.05) is 18.2 Å². The molecule has 1 N–H and O–H groups in total. The number of carbonyl (C=O) groups is 1. The number of rotatable bonds is 9. The van der Waals surface area contributed by atoms with E-state index in [-0.39, 0.29) is 17.6 Å². The van der Waals surface area contributed by atoms with E-state index in [0.717, 1.165) is 23.3 Å². The highest BCUT2D eigenvalue weighted by atomic mass is 32.1. The summed E-state index contributed by atoms with van der Waals surface area (Å²) in [6, 6.07) is 10.2. The zero-order chi connectivity index (χ0) is 16.5. The maximum atomic E-state index is 13.1. The van der Waals surface area contributed by atoms with Crippen molar-refractivity contribution in [2.45, 2.75) is 25.2 Å². The number of ether oxygens (including phenoxy) is 1. The van der Waals surface area contributed by atoms with Gasteiger partial charge in [0.2, 0.25) is 5.91 Å². The van der Waals surface area contributed by atoms with E-state index in [1.165, 1.54) is 12.1 Å². The lowest BCUT2D eigenvalue weighted by atomic mass is 9.94. The Balaban J connectivity index is 2.00. The number of methoxy groups -OCH3 is 1. The quantitative estimate of drug-likeness (QED) is 0.709. The summed E-state index contributed by atoms with van der Waals surface area (Å²) in [5, 5.41) is 4.98. The Kier molecular flexibility index (Phi) is 7.23. The topological polar surface area (TPSA) is 38.3 Å². The molecule has 124 valence electrons. The van der Waals surface area contributed by atoms with E-state index in [9.17, 15) is 9.18 Å². The average molecular weight is 335 g/mol. The van der Waals surface area contributed by atoms with Gasteiger partial charge >= 0.3 is 0 Å². The molecule has 0 spiro atoms. The van der Waals surface area contributed by atoms with Crippen LogP contribution in [0.1, 0.15) is 29.2 Å². The fourth-order valence-corrected chi connectivity index (χ4v) is 3.15. The first-order chi connectivity index (χ1) is 11.2. The SMILES string of the molecule is COCCCCNC(=O)C(Cc1cccs1)c1ccc(F)cc1. The molecule has 0 aliphatic rings. The molecule has 0 saturated carbocycles. The molecule has 2 rings (SSSR count). The monoisotopic (exact) mass is 335 g/mol. The van der Waals surface area contributed by atoms with Gasteiger partial charge in [0.1, 0.15) is 5.82 Å². The van der Waals surface area contributed by atoms with Crippen LogP contribution < -0.4 is 5.32 Å². The lowest BCUT2D eigenvalue weighted by molar-refractivity contribution is -0.122. The number of halogens is 1. The van der Waals surface area contributed by atoms with Crippen molar-refractivity contribution in [3.8, 4) is 0 Å². The van der Waals surface area contributed by atoms with Crippen LogP contribution in [0.4, 0.5) is 4.39 Å². The maximum Gasteiger partial charge on any atom is 0.227 e. The van der Waals surface area contributed by atoms with Crippen molar-refractivity contribution in [3.63, 3.8) is 0 Å². The van der Waals surface area contributed by atoms with Gasteiger partial charge in [0, 0.05) is 25.1 Å². The van der Waals surface area contributed by atoms with Gasteiger partial charge in [-0.3, -0.25) is 4.79 Å². The number of carbonyl (C=O) groups excluding carboxylic acids is 1. The van der Waals surface area contributed by atoms with Crippen LogP contribution >= 0.6 is 11.3 Å². The van der Waals surface area contributed by atoms with Gasteiger partial charge in [-0.15, -0.1) is 11.3 Å². The fraction of sp³-hybridized carbons (Fsp3) is 0.389. The molecule has 1 aromatic heterocycles. The molecule has 0 bridgehead atoms. The summed E-state index contributed by atoms with van der Waals surface area (Å²) in [5.74, 6) is -0.595. The normalized spacial score (nSPS) is 12.1. The Labute approximate surface area is 140 Å². The molecule has 0 fully saturated rings. The minimum Gasteiger partial charge on any atom is -0.385 e. The first-order valence-electron chi connectivity index (χ1n) is 7.75. The number of nitrogens with one attached hydrogen (secondary N) is 1. The Hall–Kier alpha value is -1.72. The highest BCUT2D eigenvalue weighted by molar-refractivity contribution is 7.09. The number of hydrogen-bond acceptors (Lipinski definition) is 3. The predicted octanol–water partition coefficient (Wildman–Crippen LogP) is 3.76. The Morgan fingerprint density at radius 1 is 1.26 bits per heavy atom. The third-order valence-electron chi connectivity index (χ3n) is 3.65. The van der Waals surface area contributed by atoms with E-state index in [0.29, 0.717) is 19.6 Å². The summed E-state index contributed by atoms with van der Waals surface area (Å²) in [6.45, 7) is 1.33. The number of thiophene rings is 1. The van der Waals surface area contributed by atoms with E-state index in [1.54, 1.807) is 30.6 Å². The van der Waals surface area contributed by atoms with Crippen LogP contribution in [0.2, 0.25) is 0 Å². The second kappa shape index (κ2) is 9.43. The van der Waals surface area contributed by atoms with Crippen molar-refractivity contribution in [1.82, 2.24) is 5.32 Å². The van der Waals surface area contributed by atoms with Crippen LogP contribution in [-0.4, -0.2) is 26.2 Å². The molecule has 1 heterocycles. The molecule has 1 atom stereocenters. The number of amides is 1. The largest absolute Gasteiger partial charge is 0.385 e. The molecule has 23 heavy (non-hydrogen) atoms. The molecule has 3 nitrogen and oxygen atoms in total. The molecular formula is C18H22FNO2S. The summed E-state index contributed by atoms with van der Waals surface area (Å²) in [4.78, 5) is 13.7. The second-order valence-corrected chi connectivity index (χ2v) is 6.41. The van der Waals surface area contributed by atoms with E-state index in [1.807, 2.05) is 17.5 Å². The van der Waals surface area contributed by atoms with Crippen molar-refractivity contribution < 1.29 is 13.9 Å². The Bertz CT molecular complexity index is 584. The molecule has 0 aliphatic carbocycles. The van der Waals surface area contributed by atoms with E-state index in [2.05, 4.69) is 5.32 Å². The molecule has 5 heteroatoms. The summed E-state index contributed by atoms with van der Waals surface area (Å²) in [7, 11) is 1.67. The average Bonchev–Trinajstić information content (AvgIpc) is 3.06. The molecular weight excluding hydrogens is 313 g/mol. The van der Waals surface area contributed by atoms with Gasteiger partial charge in [0.15, 0.2) is 0 Å². The zero-order valence-electron chi connectivity index (χ0n) is 13.3. The maximum absolute atomic E-state index is 13.1.